The molecule has 0 radical (unpaired) electrons. The zero-order valence-electron chi connectivity index (χ0n) is 13.7. The van der Waals surface area contributed by atoms with Gasteiger partial charge in [-0.3, -0.25) is 4.90 Å². The summed E-state index contributed by atoms with van der Waals surface area (Å²) >= 11 is 1.92. The molecule has 0 saturated carbocycles. The summed E-state index contributed by atoms with van der Waals surface area (Å²) in [5.74, 6) is 0. The Kier molecular flexibility index (Phi) is 8.38. The Morgan fingerprint density at radius 2 is 2.15 bits per heavy atom. The Labute approximate surface area is 128 Å². The lowest BCUT2D eigenvalue weighted by atomic mass is 10.2. The first-order valence-electron chi connectivity index (χ1n) is 7.64. The van der Waals surface area contributed by atoms with Crippen molar-refractivity contribution in [3.63, 3.8) is 0 Å². The van der Waals surface area contributed by atoms with Crippen molar-refractivity contribution in [1.82, 2.24) is 10.2 Å². The highest BCUT2D eigenvalue weighted by Crippen LogP contribution is 2.23. The Morgan fingerprint density at radius 1 is 1.40 bits per heavy atom. The number of nitrogens with one attached hydrogen (secondary N) is 1. The summed E-state index contributed by atoms with van der Waals surface area (Å²) < 4.78 is 5.28. The number of ether oxygens (including phenoxy) is 1. The molecule has 1 aromatic heterocycles. The van der Waals surface area contributed by atoms with Gasteiger partial charge >= 0.3 is 0 Å². The van der Waals surface area contributed by atoms with E-state index in [1.807, 2.05) is 11.3 Å². The van der Waals surface area contributed by atoms with E-state index in [-0.39, 0.29) is 0 Å². The van der Waals surface area contributed by atoms with Gasteiger partial charge in [-0.2, -0.15) is 0 Å². The summed E-state index contributed by atoms with van der Waals surface area (Å²) in [7, 11) is 1.78. The molecule has 1 atom stereocenters. The molecular weight excluding hydrogens is 268 g/mol. The molecule has 1 rings (SSSR count). The van der Waals surface area contributed by atoms with Gasteiger partial charge in [-0.05, 0) is 45.0 Å². The lowest BCUT2D eigenvalue weighted by Crippen LogP contribution is -2.35. The Morgan fingerprint density at radius 3 is 2.75 bits per heavy atom. The maximum absolute atomic E-state index is 5.28. The Hall–Kier alpha value is -0.420. The van der Waals surface area contributed by atoms with Crippen molar-refractivity contribution in [3.05, 3.63) is 21.4 Å². The highest BCUT2D eigenvalue weighted by molar-refractivity contribution is 7.12. The molecule has 0 aliphatic heterocycles. The third kappa shape index (κ3) is 5.52. The van der Waals surface area contributed by atoms with Crippen molar-refractivity contribution in [2.45, 2.75) is 53.2 Å². The van der Waals surface area contributed by atoms with E-state index in [0.717, 1.165) is 32.8 Å². The number of thiophene rings is 1. The molecule has 0 aliphatic rings. The fraction of sp³-hybridized carbons (Fsp3) is 0.750. The minimum Gasteiger partial charge on any atom is -0.383 e. The maximum Gasteiger partial charge on any atom is 0.0615 e. The topological polar surface area (TPSA) is 24.5 Å². The highest BCUT2D eigenvalue weighted by atomic mass is 32.1. The van der Waals surface area contributed by atoms with Crippen LogP contribution >= 0.6 is 11.3 Å². The van der Waals surface area contributed by atoms with Gasteiger partial charge in [-0.1, -0.05) is 13.8 Å². The average Bonchev–Trinajstić information content (AvgIpc) is 2.77. The summed E-state index contributed by atoms with van der Waals surface area (Å²) in [5.41, 5.74) is 1.47. The smallest absolute Gasteiger partial charge is 0.0615 e. The molecule has 20 heavy (non-hydrogen) atoms. The first kappa shape index (κ1) is 17.6. The maximum atomic E-state index is 5.28. The minimum absolute atomic E-state index is 0.464. The lowest BCUT2D eigenvalue weighted by Gasteiger charge is -2.27. The average molecular weight is 298 g/mol. The highest BCUT2D eigenvalue weighted by Gasteiger charge is 2.15. The summed E-state index contributed by atoms with van der Waals surface area (Å²) in [6.45, 7) is 13.9. The van der Waals surface area contributed by atoms with Gasteiger partial charge in [-0.25, -0.2) is 0 Å². The SMILES string of the molecule is CCCNCc1cc(CN(CC)C(C)COC)c(C)s1. The van der Waals surface area contributed by atoms with Crippen LogP contribution in [-0.4, -0.2) is 37.7 Å². The van der Waals surface area contributed by atoms with Gasteiger partial charge in [0.2, 0.25) is 0 Å². The lowest BCUT2D eigenvalue weighted by molar-refractivity contribution is 0.0981. The molecule has 0 fully saturated rings. The molecule has 1 heterocycles. The zero-order valence-corrected chi connectivity index (χ0v) is 14.5. The standard InChI is InChI=1S/C16H30N2OS/c1-6-8-17-10-16-9-15(14(4)20-16)11-18(7-2)13(3)12-19-5/h9,13,17H,6-8,10-12H2,1-5H3. The molecule has 0 spiro atoms. The normalized spacial score (nSPS) is 13.1. The predicted molar refractivity (Wildman–Crippen MR) is 88.5 cm³/mol. The van der Waals surface area contributed by atoms with Crippen LogP contribution in [0.3, 0.4) is 0 Å². The van der Waals surface area contributed by atoms with E-state index in [2.05, 4.69) is 44.0 Å². The molecule has 1 N–H and O–H groups in total. The first-order chi connectivity index (χ1) is 9.62. The largest absolute Gasteiger partial charge is 0.383 e. The molecular formula is C16H30N2OS. The fourth-order valence-corrected chi connectivity index (χ4v) is 3.39. The van der Waals surface area contributed by atoms with E-state index in [0.29, 0.717) is 6.04 Å². The van der Waals surface area contributed by atoms with E-state index in [1.165, 1.54) is 21.7 Å². The second-order valence-corrected chi connectivity index (χ2v) is 6.68. The van der Waals surface area contributed by atoms with Crippen LogP contribution in [0.25, 0.3) is 0 Å². The molecule has 1 unspecified atom stereocenters. The summed E-state index contributed by atoms with van der Waals surface area (Å²) in [4.78, 5) is 5.37. The number of methoxy groups -OCH3 is 1. The molecule has 4 heteroatoms. The zero-order chi connectivity index (χ0) is 15.0. The number of aryl methyl sites for hydroxylation is 1. The number of hydrogen-bond acceptors (Lipinski definition) is 4. The Balaban J connectivity index is 2.61. The summed E-state index contributed by atoms with van der Waals surface area (Å²) in [5, 5.41) is 3.48. The molecule has 0 saturated heterocycles. The minimum atomic E-state index is 0.464. The van der Waals surface area contributed by atoms with E-state index in [4.69, 9.17) is 4.74 Å². The molecule has 3 nitrogen and oxygen atoms in total. The van der Waals surface area contributed by atoms with Crippen LogP contribution in [0.2, 0.25) is 0 Å². The van der Waals surface area contributed by atoms with E-state index in [9.17, 15) is 0 Å². The second kappa shape index (κ2) is 9.50. The number of hydrogen-bond donors (Lipinski definition) is 1. The molecule has 0 aliphatic carbocycles. The van der Waals surface area contributed by atoms with Crippen molar-refractivity contribution in [1.29, 1.82) is 0 Å². The van der Waals surface area contributed by atoms with Gasteiger partial charge < -0.3 is 10.1 Å². The molecule has 0 aromatic carbocycles. The van der Waals surface area contributed by atoms with Crippen LogP contribution in [0, 0.1) is 6.92 Å². The van der Waals surface area contributed by atoms with E-state index < -0.39 is 0 Å². The van der Waals surface area contributed by atoms with Gasteiger partial charge in [0, 0.05) is 36.0 Å². The number of nitrogens with zero attached hydrogens (tertiary/aromatic N) is 1. The van der Waals surface area contributed by atoms with Crippen LogP contribution < -0.4 is 5.32 Å². The van der Waals surface area contributed by atoms with Crippen LogP contribution in [0.1, 0.15) is 42.5 Å². The van der Waals surface area contributed by atoms with Crippen molar-refractivity contribution >= 4 is 11.3 Å². The van der Waals surface area contributed by atoms with Crippen molar-refractivity contribution in [2.75, 3.05) is 26.8 Å². The molecule has 1 aromatic rings. The van der Waals surface area contributed by atoms with Gasteiger partial charge in [0.15, 0.2) is 0 Å². The van der Waals surface area contributed by atoms with Crippen LogP contribution in [0.15, 0.2) is 6.07 Å². The van der Waals surface area contributed by atoms with Crippen LogP contribution in [-0.2, 0) is 17.8 Å². The van der Waals surface area contributed by atoms with Crippen molar-refractivity contribution in [2.24, 2.45) is 0 Å². The fourth-order valence-electron chi connectivity index (χ4n) is 2.36. The van der Waals surface area contributed by atoms with E-state index >= 15 is 0 Å². The van der Waals surface area contributed by atoms with Gasteiger partial charge in [0.25, 0.3) is 0 Å². The summed E-state index contributed by atoms with van der Waals surface area (Å²) in [6, 6.07) is 2.83. The van der Waals surface area contributed by atoms with Crippen LogP contribution in [0.4, 0.5) is 0 Å². The van der Waals surface area contributed by atoms with Gasteiger partial charge in [0.1, 0.15) is 0 Å². The molecule has 0 bridgehead atoms. The molecule has 0 amide bonds. The molecule has 116 valence electrons. The predicted octanol–water partition coefficient (Wildman–Crippen LogP) is 3.41. The Bertz CT molecular complexity index is 379. The first-order valence-corrected chi connectivity index (χ1v) is 8.45. The van der Waals surface area contributed by atoms with Gasteiger partial charge in [-0.15, -0.1) is 11.3 Å². The van der Waals surface area contributed by atoms with Crippen molar-refractivity contribution < 1.29 is 4.74 Å². The second-order valence-electron chi connectivity index (χ2n) is 5.34. The van der Waals surface area contributed by atoms with Crippen LogP contribution in [0.5, 0.6) is 0 Å². The summed E-state index contributed by atoms with van der Waals surface area (Å²) in [6.07, 6.45) is 1.19. The van der Waals surface area contributed by atoms with Crippen molar-refractivity contribution in [3.8, 4) is 0 Å². The number of rotatable bonds is 10. The van der Waals surface area contributed by atoms with Gasteiger partial charge in [0.05, 0.1) is 6.61 Å². The number of likely N-dealkylation sites (N-methyl/N-ethyl adjacent to an activating group) is 1. The van der Waals surface area contributed by atoms with E-state index in [1.54, 1.807) is 7.11 Å². The third-order valence-corrected chi connectivity index (χ3v) is 4.70. The third-order valence-electron chi connectivity index (χ3n) is 3.61. The monoisotopic (exact) mass is 298 g/mol. The quantitative estimate of drug-likeness (QED) is 0.670.